The summed E-state index contributed by atoms with van der Waals surface area (Å²) in [5.41, 5.74) is 2.30. The first-order valence-corrected chi connectivity index (χ1v) is 10.1. The molecule has 0 radical (unpaired) electrons. The van der Waals surface area contributed by atoms with Gasteiger partial charge in [0.1, 0.15) is 11.3 Å². The van der Waals surface area contributed by atoms with Crippen molar-refractivity contribution in [3.8, 4) is 5.75 Å². The van der Waals surface area contributed by atoms with E-state index in [0.29, 0.717) is 18.1 Å². The van der Waals surface area contributed by atoms with E-state index in [1.54, 1.807) is 6.92 Å². The zero-order valence-corrected chi connectivity index (χ0v) is 17.7. The molecule has 4 rings (SSSR count). The van der Waals surface area contributed by atoms with Crippen LogP contribution in [0.5, 0.6) is 5.75 Å². The van der Waals surface area contributed by atoms with Gasteiger partial charge in [-0.2, -0.15) is 5.10 Å². The van der Waals surface area contributed by atoms with Gasteiger partial charge >= 0.3 is 0 Å². The molecule has 0 saturated carbocycles. The van der Waals surface area contributed by atoms with Gasteiger partial charge in [-0.05, 0) is 38.5 Å². The molecule has 0 fully saturated rings. The van der Waals surface area contributed by atoms with Gasteiger partial charge < -0.3 is 15.0 Å². The van der Waals surface area contributed by atoms with Crippen LogP contribution in [0.1, 0.15) is 35.5 Å². The number of hydrogen-bond donors (Lipinski definition) is 2. The molecular formula is C24H24N4O3. The van der Waals surface area contributed by atoms with Crippen LogP contribution in [0.25, 0.3) is 10.9 Å². The van der Waals surface area contributed by atoms with Crippen molar-refractivity contribution in [3.05, 3.63) is 87.8 Å². The van der Waals surface area contributed by atoms with E-state index < -0.39 is 5.91 Å². The van der Waals surface area contributed by atoms with Crippen molar-refractivity contribution < 1.29 is 9.53 Å². The second kappa shape index (κ2) is 8.47. The van der Waals surface area contributed by atoms with Crippen molar-refractivity contribution in [1.82, 2.24) is 14.8 Å². The summed E-state index contributed by atoms with van der Waals surface area (Å²) in [6.07, 6.45) is 1.46. The van der Waals surface area contributed by atoms with Crippen LogP contribution in [0.3, 0.4) is 0 Å². The van der Waals surface area contributed by atoms with Gasteiger partial charge in [0.25, 0.3) is 5.91 Å². The van der Waals surface area contributed by atoms with Gasteiger partial charge in [-0.15, -0.1) is 0 Å². The number of H-pyrrole nitrogens is 1. The van der Waals surface area contributed by atoms with E-state index in [-0.39, 0.29) is 17.1 Å². The number of hydrogen-bond acceptors (Lipinski definition) is 4. The van der Waals surface area contributed by atoms with Gasteiger partial charge in [0.15, 0.2) is 11.2 Å². The fourth-order valence-electron chi connectivity index (χ4n) is 3.39. The van der Waals surface area contributed by atoms with E-state index in [2.05, 4.69) is 15.4 Å². The Bertz CT molecular complexity index is 1290. The molecule has 0 aliphatic heterocycles. The molecule has 31 heavy (non-hydrogen) atoms. The molecular weight excluding hydrogens is 392 g/mol. The molecule has 2 N–H and O–H groups in total. The summed E-state index contributed by atoms with van der Waals surface area (Å²) in [5.74, 6) is 0.617. The molecule has 158 valence electrons. The van der Waals surface area contributed by atoms with Crippen molar-refractivity contribution in [2.24, 2.45) is 0 Å². The number of nitrogens with one attached hydrogen (secondary N) is 2. The predicted octanol–water partition coefficient (Wildman–Crippen LogP) is 4.12. The van der Waals surface area contributed by atoms with E-state index in [9.17, 15) is 9.59 Å². The third-order valence-corrected chi connectivity index (χ3v) is 4.80. The molecule has 2 aromatic heterocycles. The Morgan fingerprint density at radius 3 is 2.65 bits per heavy atom. The second-order valence-electron chi connectivity index (χ2n) is 7.69. The number of aromatic nitrogens is 3. The molecule has 0 aliphatic rings. The Hall–Kier alpha value is -3.87. The highest BCUT2D eigenvalue weighted by Crippen LogP contribution is 2.28. The number of benzene rings is 2. The topological polar surface area (TPSA) is 89.0 Å². The summed E-state index contributed by atoms with van der Waals surface area (Å²) < 4.78 is 7.67. The maximum absolute atomic E-state index is 12.8. The molecule has 0 unspecified atom stereocenters. The Morgan fingerprint density at radius 2 is 1.94 bits per heavy atom. The first-order valence-electron chi connectivity index (χ1n) is 10.1. The monoisotopic (exact) mass is 416 g/mol. The molecule has 2 aromatic carbocycles. The highest BCUT2D eigenvalue weighted by atomic mass is 16.5. The van der Waals surface area contributed by atoms with Crippen LogP contribution in [-0.2, 0) is 6.54 Å². The minimum absolute atomic E-state index is 0.0374. The summed E-state index contributed by atoms with van der Waals surface area (Å²) in [4.78, 5) is 27.9. The van der Waals surface area contributed by atoms with E-state index >= 15 is 0 Å². The van der Waals surface area contributed by atoms with Gasteiger partial charge in [-0.25, -0.2) is 0 Å². The average Bonchev–Trinajstić information content (AvgIpc) is 3.04. The first kappa shape index (κ1) is 20.4. The number of aryl methyl sites for hydroxylation is 1. The highest BCUT2D eigenvalue weighted by molar-refractivity contribution is 6.07. The van der Waals surface area contributed by atoms with Crippen molar-refractivity contribution in [2.75, 3.05) is 5.32 Å². The number of carbonyl (C=O) groups is 1. The van der Waals surface area contributed by atoms with E-state index in [0.717, 1.165) is 22.2 Å². The standard InChI is InChI=1S/C24H24N4O3/c1-15(2)31-18-9-10-19-21(12-18)28(14-17-7-5-4-6-8-17)27-23(19)26-24(30)20-13-25-16(3)11-22(20)29/h4-13,15H,14H2,1-3H3,(H,25,29)(H,26,27,30). The van der Waals surface area contributed by atoms with E-state index in [4.69, 9.17) is 4.74 Å². The van der Waals surface area contributed by atoms with Gasteiger partial charge in [0.2, 0.25) is 0 Å². The van der Waals surface area contributed by atoms with Crippen molar-refractivity contribution in [2.45, 2.75) is 33.4 Å². The number of ether oxygens (including phenoxy) is 1. The van der Waals surface area contributed by atoms with E-state index in [1.807, 2.05) is 67.1 Å². The number of carbonyl (C=O) groups excluding carboxylic acids is 1. The van der Waals surface area contributed by atoms with E-state index in [1.165, 1.54) is 12.3 Å². The van der Waals surface area contributed by atoms with Crippen molar-refractivity contribution >= 4 is 22.6 Å². The fraction of sp³-hybridized carbons (Fsp3) is 0.208. The van der Waals surface area contributed by atoms with Gasteiger partial charge in [0, 0.05) is 29.4 Å². The molecule has 0 saturated heterocycles. The van der Waals surface area contributed by atoms with Gasteiger partial charge in [-0.1, -0.05) is 30.3 Å². The Balaban J connectivity index is 1.74. The van der Waals surface area contributed by atoms with Crippen LogP contribution >= 0.6 is 0 Å². The molecule has 1 amide bonds. The number of rotatable bonds is 6. The lowest BCUT2D eigenvalue weighted by atomic mass is 10.2. The summed E-state index contributed by atoms with van der Waals surface area (Å²) in [5, 5.41) is 8.20. The van der Waals surface area contributed by atoms with Crippen LogP contribution in [0.2, 0.25) is 0 Å². The average molecular weight is 416 g/mol. The number of anilines is 1. The summed E-state index contributed by atoms with van der Waals surface area (Å²) in [6.45, 7) is 6.23. The highest BCUT2D eigenvalue weighted by Gasteiger charge is 2.17. The Morgan fingerprint density at radius 1 is 1.16 bits per heavy atom. The first-order chi connectivity index (χ1) is 14.9. The Kier molecular flexibility index (Phi) is 5.58. The van der Waals surface area contributed by atoms with Crippen LogP contribution in [-0.4, -0.2) is 26.8 Å². The molecule has 0 aliphatic carbocycles. The second-order valence-corrected chi connectivity index (χ2v) is 7.69. The van der Waals surface area contributed by atoms with Crippen LogP contribution in [0.15, 0.2) is 65.6 Å². The zero-order chi connectivity index (χ0) is 22.0. The number of pyridine rings is 1. The van der Waals surface area contributed by atoms with Crippen molar-refractivity contribution in [3.63, 3.8) is 0 Å². The predicted molar refractivity (Wildman–Crippen MR) is 121 cm³/mol. The van der Waals surface area contributed by atoms with Gasteiger partial charge in [0.05, 0.1) is 18.2 Å². The summed E-state index contributed by atoms with van der Waals surface area (Å²) >= 11 is 0. The molecule has 0 spiro atoms. The molecule has 0 bridgehead atoms. The molecule has 7 nitrogen and oxygen atoms in total. The third-order valence-electron chi connectivity index (χ3n) is 4.80. The number of amides is 1. The summed E-state index contributed by atoms with van der Waals surface area (Å²) in [7, 11) is 0. The van der Waals surface area contributed by atoms with Crippen LogP contribution < -0.4 is 15.5 Å². The minimum Gasteiger partial charge on any atom is -0.491 e. The maximum Gasteiger partial charge on any atom is 0.262 e. The Labute approximate surface area is 179 Å². The van der Waals surface area contributed by atoms with Crippen LogP contribution in [0.4, 0.5) is 5.82 Å². The SMILES string of the molecule is Cc1cc(=O)c(C(=O)Nc2nn(Cc3ccccc3)c3cc(OC(C)C)ccc23)c[nH]1. The zero-order valence-electron chi connectivity index (χ0n) is 17.7. The van der Waals surface area contributed by atoms with Gasteiger partial charge in [-0.3, -0.25) is 14.3 Å². The van der Waals surface area contributed by atoms with Crippen LogP contribution in [0, 0.1) is 6.92 Å². The lowest BCUT2D eigenvalue weighted by Gasteiger charge is -2.10. The largest absolute Gasteiger partial charge is 0.491 e. The molecule has 7 heteroatoms. The normalized spacial score (nSPS) is 11.1. The maximum atomic E-state index is 12.8. The fourth-order valence-corrected chi connectivity index (χ4v) is 3.39. The molecule has 4 aromatic rings. The quantitative estimate of drug-likeness (QED) is 0.495. The number of nitrogens with zero attached hydrogens (tertiary/aromatic N) is 2. The minimum atomic E-state index is -0.505. The number of aromatic amines is 1. The smallest absolute Gasteiger partial charge is 0.262 e. The molecule has 2 heterocycles. The summed E-state index contributed by atoms with van der Waals surface area (Å²) in [6, 6.07) is 17.0. The van der Waals surface area contributed by atoms with Crippen molar-refractivity contribution in [1.29, 1.82) is 0 Å². The lowest BCUT2D eigenvalue weighted by molar-refractivity contribution is 0.102. The lowest BCUT2D eigenvalue weighted by Crippen LogP contribution is -2.22. The molecule has 0 atom stereocenters. The number of fused-ring (bicyclic) bond motifs is 1. The third kappa shape index (κ3) is 4.50.